The molecule has 2 bridgehead atoms. The van der Waals surface area contributed by atoms with Crippen molar-refractivity contribution in [1.82, 2.24) is 15.3 Å². The third-order valence-electron chi connectivity index (χ3n) is 6.56. The van der Waals surface area contributed by atoms with Gasteiger partial charge in [0, 0.05) is 24.9 Å². The zero-order valence-electron chi connectivity index (χ0n) is 17.4. The predicted molar refractivity (Wildman–Crippen MR) is 113 cm³/mol. The summed E-state index contributed by atoms with van der Waals surface area (Å²) in [6.07, 6.45) is 8.13. The second kappa shape index (κ2) is 8.47. The highest BCUT2D eigenvalue weighted by Crippen LogP contribution is 2.32. The second-order valence-corrected chi connectivity index (χ2v) is 8.90. The van der Waals surface area contributed by atoms with E-state index in [0.29, 0.717) is 35.4 Å². The van der Waals surface area contributed by atoms with Crippen molar-refractivity contribution in [3.8, 4) is 5.88 Å². The third kappa shape index (κ3) is 4.27. The van der Waals surface area contributed by atoms with Crippen LogP contribution >= 0.6 is 0 Å². The maximum absolute atomic E-state index is 14.7. The Balaban J connectivity index is 1.27. The van der Waals surface area contributed by atoms with E-state index >= 15 is 0 Å². The molecule has 1 aromatic heterocycles. The summed E-state index contributed by atoms with van der Waals surface area (Å²) < 4.78 is 26.5. The van der Waals surface area contributed by atoms with E-state index in [2.05, 4.69) is 20.6 Å². The molecule has 7 heteroatoms. The maximum Gasteiger partial charge on any atom is 0.221 e. The number of ether oxygens (including phenoxy) is 2. The van der Waals surface area contributed by atoms with E-state index < -0.39 is 0 Å². The van der Waals surface area contributed by atoms with Gasteiger partial charge in [-0.3, -0.25) is 0 Å². The van der Waals surface area contributed by atoms with Gasteiger partial charge in [0.1, 0.15) is 24.1 Å². The Hall–Kier alpha value is -2.25. The molecule has 2 unspecified atom stereocenters. The van der Waals surface area contributed by atoms with E-state index in [9.17, 15) is 4.39 Å². The molecule has 160 valence electrons. The van der Waals surface area contributed by atoms with E-state index in [-0.39, 0.29) is 11.9 Å². The fraction of sp³-hybridized carbons (Fsp3) is 0.565. The fourth-order valence-electron chi connectivity index (χ4n) is 4.66. The van der Waals surface area contributed by atoms with Gasteiger partial charge in [-0.1, -0.05) is 25.3 Å². The standard InChI is InChI=1S/C23H29FN4O2/c1-14-22(28-21-6-5-16(8-20(21)24)7-15-3-2-4-15)25-13-26-23(14)30-19-9-17-11-29-12-18(10-19)27-17/h5-6,8,13,15,17-19,27H,2-4,7,9-12H2,1H3,(H,25,26,28). The minimum Gasteiger partial charge on any atom is -0.474 e. The highest BCUT2D eigenvalue weighted by atomic mass is 19.1. The monoisotopic (exact) mass is 412 g/mol. The average Bonchev–Trinajstić information content (AvgIpc) is 2.69. The molecule has 0 amide bonds. The smallest absolute Gasteiger partial charge is 0.221 e. The molecular weight excluding hydrogens is 383 g/mol. The second-order valence-electron chi connectivity index (χ2n) is 8.90. The molecule has 1 aromatic carbocycles. The third-order valence-corrected chi connectivity index (χ3v) is 6.56. The first-order valence-electron chi connectivity index (χ1n) is 11.0. The van der Waals surface area contributed by atoms with Gasteiger partial charge in [-0.05, 0) is 37.0 Å². The van der Waals surface area contributed by atoms with Gasteiger partial charge in [-0.2, -0.15) is 0 Å². The molecule has 0 radical (unpaired) electrons. The van der Waals surface area contributed by atoms with Crippen molar-refractivity contribution in [2.24, 2.45) is 5.92 Å². The van der Waals surface area contributed by atoms with Crippen LogP contribution in [0.2, 0.25) is 0 Å². The zero-order valence-corrected chi connectivity index (χ0v) is 17.4. The minimum absolute atomic E-state index is 0.0918. The van der Waals surface area contributed by atoms with Gasteiger partial charge in [0.05, 0.1) is 24.5 Å². The molecule has 2 atom stereocenters. The first-order chi connectivity index (χ1) is 14.6. The van der Waals surface area contributed by atoms with E-state index in [1.165, 1.54) is 25.6 Å². The Morgan fingerprint density at radius 3 is 2.70 bits per heavy atom. The highest BCUT2D eigenvalue weighted by molar-refractivity contribution is 5.61. The summed E-state index contributed by atoms with van der Waals surface area (Å²) in [5, 5.41) is 6.69. The van der Waals surface area contributed by atoms with Crippen LogP contribution in [-0.4, -0.2) is 41.4 Å². The minimum atomic E-state index is -0.251. The number of anilines is 2. The lowest BCUT2D eigenvalue weighted by atomic mass is 9.81. The van der Waals surface area contributed by atoms with Gasteiger partial charge in [0.15, 0.2) is 0 Å². The summed E-state index contributed by atoms with van der Waals surface area (Å²) in [6, 6.07) is 6.11. The first-order valence-corrected chi connectivity index (χ1v) is 11.0. The van der Waals surface area contributed by atoms with Crippen molar-refractivity contribution in [1.29, 1.82) is 0 Å². The van der Waals surface area contributed by atoms with Gasteiger partial charge in [0.25, 0.3) is 0 Å². The Kier molecular flexibility index (Phi) is 5.56. The zero-order chi connectivity index (χ0) is 20.5. The van der Waals surface area contributed by atoms with Crippen molar-refractivity contribution in [3.05, 3.63) is 41.5 Å². The molecule has 0 spiro atoms. The largest absolute Gasteiger partial charge is 0.474 e. The SMILES string of the molecule is Cc1c(Nc2ccc(CC3CCC3)cc2F)ncnc1OC1CC2COCC(C1)N2. The average molecular weight is 413 g/mol. The summed E-state index contributed by atoms with van der Waals surface area (Å²) >= 11 is 0. The summed E-state index contributed by atoms with van der Waals surface area (Å²) in [6.45, 7) is 3.36. The number of morpholine rings is 1. The Bertz CT molecular complexity index is 893. The molecule has 3 aliphatic rings. The molecule has 3 heterocycles. The molecule has 2 aliphatic heterocycles. The van der Waals surface area contributed by atoms with E-state index in [0.717, 1.165) is 43.6 Å². The van der Waals surface area contributed by atoms with E-state index in [1.807, 2.05) is 13.0 Å². The quantitative estimate of drug-likeness (QED) is 0.750. The molecule has 2 N–H and O–H groups in total. The lowest BCUT2D eigenvalue weighted by molar-refractivity contribution is -0.0134. The van der Waals surface area contributed by atoms with E-state index in [1.54, 1.807) is 12.1 Å². The number of rotatable bonds is 6. The molecule has 6 nitrogen and oxygen atoms in total. The van der Waals surface area contributed by atoms with Crippen LogP contribution in [0, 0.1) is 18.7 Å². The van der Waals surface area contributed by atoms with Crippen molar-refractivity contribution in [3.63, 3.8) is 0 Å². The number of benzene rings is 1. The van der Waals surface area contributed by atoms with Crippen molar-refractivity contribution in [2.75, 3.05) is 18.5 Å². The number of hydrogen-bond acceptors (Lipinski definition) is 6. The predicted octanol–water partition coefficient (Wildman–Crippen LogP) is 3.91. The number of hydrogen-bond donors (Lipinski definition) is 2. The highest BCUT2D eigenvalue weighted by Gasteiger charge is 2.33. The fourth-order valence-corrected chi connectivity index (χ4v) is 4.66. The molecule has 2 saturated heterocycles. The molecule has 3 fully saturated rings. The summed E-state index contributed by atoms with van der Waals surface area (Å²) in [4.78, 5) is 8.65. The topological polar surface area (TPSA) is 68.3 Å². The van der Waals surface area contributed by atoms with Crippen molar-refractivity contribution < 1.29 is 13.9 Å². The molecule has 1 saturated carbocycles. The normalized spacial score (nSPS) is 26.1. The number of aromatic nitrogens is 2. The van der Waals surface area contributed by atoms with Gasteiger partial charge < -0.3 is 20.1 Å². The molecule has 1 aliphatic carbocycles. The number of piperidine rings is 1. The Morgan fingerprint density at radius 1 is 1.20 bits per heavy atom. The summed E-state index contributed by atoms with van der Waals surface area (Å²) in [5.74, 6) is 1.59. The van der Waals surface area contributed by atoms with Gasteiger partial charge in [-0.15, -0.1) is 0 Å². The number of nitrogens with one attached hydrogen (secondary N) is 2. The van der Waals surface area contributed by atoms with Crippen LogP contribution in [0.3, 0.4) is 0 Å². The molecular formula is C23H29FN4O2. The van der Waals surface area contributed by atoms with Crippen LogP contribution in [0.1, 0.15) is 43.2 Å². The Labute approximate surface area is 176 Å². The van der Waals surface area contributed by atoms with Gasteiger partial charge >= 0.3 is 0 Å². The van der Waals surface area contributed by atoms with Crippen LogP contribution in [0.15, 0.2) is 24.5 Å². The van der Waals surface area contributed by atoms with Crippen LogP contribution in [0.5, 0.6) is 5.88 Å². The van der Waals surface area contributed by atoms with Crippen molar-refractivity contribution >= 4 is 11.5 Å². The van der Waals surface area contributed by atoms with Gasteiger partial charge in [-0.25, -0.2) is 14.4 Å². The summed E-state index contributed by atoms with van der Waals surface area (Å²) in [5.41, 5.74) is 2.27. The van der Waals surface area contributed by atoms with Crippen LogP contribution in [0.25, 0.3) is 0 Å². The van der Waals surface area contributed by atoms with Crippen LogP contribution < -0.4 is 15.4 Å². The van der Waals surface area contributed by atoms with Gasteiger partial charge in [0.2, 0.25) is 5.88 Å². The lowest BCUT2D eigenvalue weighted by Gasteiger charge is -2.39. The van der Waals surface area contributed by atoms with Crippen molar-refractivity contribution in [2.45, 2.75) is 63.6 Å². The molecule has 2 aromatic rings. The lowest BCUT2D eigenvalue weighted by Crippen LogP contribution is -2.56. The van der Waals surface area contributed by atoms with E-state index in [4.69, 9.17) is 9.47 Å². The van der Waals surface area contributed by atoms with Crippen LogP contribution in [-0.2, 0) is 11.2 Å². The Morgan fingerprint density at radius 2 is 2.00 bits per heavy atom. The number of fused-ring (bicyclic) bond motifs is 2. The first kappa shape index (κ1) is 19.7. The maximum atomic E-state index is 14.7. The summed E-state index contributed by atoms with van der Waals surface area (Å²) in [7, 11) is 0. The molecule has 5 rings (SSSR count). The number of halogens is 1. The van der Waals surface area contributed by atoms with Crippen LogP contribution in [0.4, 0.5) is 15.9 Å². The number of nitrogens with zero attached hydrogens (tertiary/aromatic N) is 2. The molecule has 30 heavy (non-hydrogen) atoms.